The number of carbonyl (C=O) groups excluding carboxylic acids is 1. The molecule has 122 valence electrons. The molecule has 1 aliphatic heterocycles. The molecule has 0 aliphatic carbocycles. The average Bonchev–Trinajstić information content (AvgIpc) is 3.36. The summed E-state index contributed by atoms with van der Waals surface area (Å²) in [7, 11) is 0. The fourth-order valence-corrected chi connectivity index (χ4v) is 2.58. The van der Waals surface area contributed by atoms with Crippen molar-refractivity contribution in [2.75, 3.05) is 11.9 Å². The topological polar surface area (TPSA) is 90.4 Å². The minimum atomic E-state index is -0.373. The Balaban J connectivity index is 1.53. The third-order valence-electron chi connectivity index (χ3n) is 3.76. The molecule has 1 saturated heterocycles. The molecular weight excluding hydrogens is 310 g/mol. The van der Waals surface area contributed by atoms with Gasteiger partial charge in [-0.25, -0.2) is 0 Å². The molecule has 3 heterocycles. The Bertz CT molecular complexity index is 835. The summed E-state index contributed by atoms with van der Waals surface area (Å²) in [6.07, 6.45) is 2.83. The molecule has 1 amide bonds. The number of nitrogens with one attached hydrogen (secondary N) is 1. The van der Waals surface area contributed by atoms with Crippen molar-refractivity contribution < 1.29 is 18.4 Å². The van der Waals surface area contributed by atoms with Gasteiger partial charge in [0.25, 0.3) is 11.8 Å². The number of nitrogens with zero attached hydrogens (tertiary/aromatic N) is 2. The molecule has 7 nitrogen and oxygen atoms in total. The van der Waals surface area contributed by atoms with Crippen LogP contribution in [0.1, 0.15) is 12.8 Å². The number of hydrogen-bond acceptors (Lipinski definition) is 6. The lowest BCUT2D eigenvalue weighted by Crippen LogP contribution is -2.26. The lowest BCUT2D eigenvalue weighted by molar-refractivity contribution is -0.124. The van der Waals surface area contributed by atoms with E-state index in [2.05, 4.69) is 15.5 Å². The van der Waals surface area contributed by atoms with Gasteiger partial charge in [-0.3, -0.25) is 4.79 Å². The van der Waals surface area contributed by atoms with E-state index in [1.54, 1.807) is 30.5 Å². The van der Waals surface area contributed by atoms with Crippen molar-refractivity contribution in [1.82, 2.24) is 10.2 Å². The highest BCUT2D eigenvalue weighted by atomic mass is 16.5. The quantitative estimate of drug-likeness (QED) is 0.792. The Labute approximate surface area is 137 Å². The summed E-state index contributed by atoms with van der Waals surface area (Å²) in [4.78, 5) is 12.1. The zero-order chi connectivity index (χ0) is 16.4. The van der Waals surface area contributed by atoms with Gasteiger partial charge >= 0.3 is 0 Å². The van der Waals surface area contributed by atoms with E-state index < -0.39 is 0 Å². The van der Waals surface area contributed by atoms with Crippen LogP contribution >= 0.6 is 0 Å². The van der Waals surface area contributed by atoms with Gasteiger partial charge in [-0.15, -0.1) is 10.2 Å². The molecular formula is C17H15N3O4. The summed E-state index contributed by atoms with van der Waals surface area (Å²) in [6.45, 7) is 0.635. The van der Waals surface area contributed by atoms with Crippen LogP contribution in [0.3, 0.4) is 0 Å². The maximum atomic E-state index is 12.1. The first-order chi connectivity index (χ1) is 11.8. The molecule has 3 aromatic rings. The van der Waals surface area contributed by atoms with Crippen LogP contribution in [0.25, 0.3) is 23.1 Å². The molecule has 0 radical (unpaired) electrons. The van der Waals surface area contributed by atoms with E-state index in [9.17, 15) is 4.79 Å². The molecule has 1 fully saturated rings. The molecule has 1 atom stereocenters. The van der Waals surface area contributed by atoms with Gasteiger partial charge in [0.15, 0.2) is 5.76 Å². The van der Waals surface area contributed by atoms with E-state index in [0.29, 0.717) is 35.4 Å². The maximum absolute atomic E-state index is 12.1. The smallest absolute Gasteiger partial charge is 0.283 e. The van der Waals surface area contributed by atoms with Gasteiger partial charge in [-0.05, 0) is 43.2 Å². The number of furan rings is 1. The first-order valence-corrected chi connectivity index (χ1v) is 7.70. The van der Waals surface area contributed by atoms with E-state index in [1.165, 1.54) is 0 Å². The number of aromatic nitrogens is 2. The van der Waals surface area contributed by atoms with E-state index in [-0.39, 0.29) is 12.0 Å². The monoisotopic (exact) mass is 325 g/mol. The summed E-state index contributed by atoms with van der Waals surface area (Å²) in [5.41, 5.74) is 1.37. The molecule has 24 heavy (non-hydrogen) atoms. The molecule has 1 unspecified atom stereocenters. The third kappa shape index (κ3) is 2.93. The van der Waals surface area contributed by atoms with Gasteiger partial charge in [0.1, 0.15) is 6.10 Å². The lowest BCUT2D eigenvalue weighted by atomic mass is 10.2. The number of anilines is 1. The Morgan fingerprint density at radius 2 is 2.08 bits per heavy atom. The molecule has 0 saturated carbocycles. The van der Waals surface area contributed by atoms with Gasteiger partial charge in [0, 0.05) is 17.9 Å². The zero-order valence-corrected chi connectivity index (χ0v) is 12.8. The first-order valence-electron chi connectivity index (χ1n) is 7.70. The third-order valence-corrected chi connectivity index (χ3v) is 3.76. The van der Waals surface area contributed by atoms with Crippen LogP contribution in [-0.4, -0.2) is 28.8 Å². The van der Waals surface area contributed by atoms with Gasteiger partial charge in [-0.2, -0.15) is 0 Å². The average molecular weight is 325 g/mol. The van der Waals surface area contributed by atoms with Crippen LogP contribution in [-0.2, 0) is 9.53 Å². The number of benzene rings is 1. The van der Waals surface area contributed by atoms with Crippen LogP contribution in [0.15, 0.2) is 51.5 Å². The normalized spacial score (nSPS) is 17.1. The van der Waals surface area contributed by atoms with E-state index in [0.717, 1.165) is 12.8 Å². The van der Waals surface area contributed by atoms with Crippen LogP contribution in [0.5, 0.6) is 0 Å². The highest BCUT2D eigenvalue weighted by Crippen LogP contribution is 2.26. The molecule has 1 N–H and O–H groups in total. The van der Waals surface area contributed by atoms with E-state index >= 15 is 0 Å². The first kappa shape index (κ1) is 14.6. The Kier molecular flexibility index (Phi) is 3.84. The Morgan fingerprint density at radius 3 is 2.88 bits per heavy atom. The van der Waals surface area contributed by atoms with Crippen molar-refractivity contribution in [3.8, 4) is 23.1 Å². The zero-order valence-electron chi connectivity index (χ0n) is 12.8. The van der Waals surface area contributed by atoms with Crippen LogP contribution in [0, 0.1) is 0 Å². The second-order valence-electron chi connectivity index (χ2n) is 5.46. The molecule has 0 spiro atoms. The number of carbonyl (C=O) groups is 1. The molecule has 2 aromatic heterocycles. The Hall–Kier alpha value is -2.93. The SMILES string of the molecule is O=C(Nc1cccc(-c2nnc(-c3ccco3)o2)c1)C1CCCO1. The summed E-state index contributed by atoms with van der Waals surface area (Å²) in [6, 6.07) is 10.7. The number of hydrogen-bond donors (Lipinski definition) is 1. The van der Waals surface area contributed by atoms with Crippen molar-refractivity contribution >= 4 is 11.6 Å². The molecule has 7 heteroatoms. The summed E-state index contributed by atoms with van der Waals surface area (Å²) in [5.74, 6) is 1.04. The highest BCUT2D eigenvalue weighted by molar-refractivity contribution is 5.94. The van der Waals surface area contributed by atoms with Gasteiger partial charge in [0.2, 0.25) is 5.89 Å². The van der Waals surface area contributed by atoms with E-state index in [1.807, 2.05) is 12.1 Å². The van der Waals surface area contributed by atoms with E-state index in [4.69, 9.17) is 13.6 Å². The van der Waals surface area contributed by atoms with Crippen molar-refractivity contribution in [1.29, 1.82) is 0 Å². The molecule has 4 rings (SSSR count). The predicted octanol–water partition coefficient (Wildman–Crippen LogP) is 3.11. The van der Waals surface area contributed by atoms with Crippen LogP contribution in [0.4, 0.5) is 5.69 Å². The van der Waals surface area contributed by atoms with Crippen molar-refractivity contribution in [3.05, 3.63) is 42.7 Å². The number of rotatable bonds is 4. The fourth-order valence-electron chi connectivity index (χ4n) is 2.58. The summed E-state index contributed by atoms with van der Waals surface area (Å²) >= 11 is 0. The van der Waals surface area contributed by atoms with Crippen molar-refractivity contribution in [2.45, 2.75) is 18.9 Å². The van der Waals surface area contributed by atoms with Gasteiger partial charge < -0.3 is 18.9 Å². The number of amides is 1. The highest BCUT2D eigenvalue weighted by Gasteiger charge is 2.23. The summed E-state index contributed by atoms with van der Waals surface area (Å²) in [5, 5.41) is 10.9. The minimum Gasteiger partial charge on any atom is -0.459 e. The van der Waals surface area contributed by atoms with Crippen molar-refractivity contribution in [3.63, 3.8) is 0 Å². The molecule has 1 aromatic carbocycles. The number of ether oxygens (including phenoxy) is 1. The standard InChI is InChI=1S/C17H15N3O4/c21-15(13-6-2-8-22-13)18-12-5-1-4-11(10-12)16-19-20-17(24-16)14-7-3-9-23-14/h1,3-5,7,9-10,13H,2,6,8H2,(H,18,21). The van der Waals surface area contributed by atoms with Gasteiger partial charge in [0.05, 0.1) is 6.26 Å². The second kappa shape index (κ2) is 6.29. The maximum Gasteiger partial charge on any atom is 0.283 e. The Morgan fingerprint density at radius 1 is 1.17 bits per heavy atom. The van der Waals surface area contributed by atoms with Crippen LogP contribution < -0.4 is 5.32 Å². The lowest BCUT2D eigenvalue weighted by Gasteiger charge is -2.10. The van der Waals surface area contributed by atoms with Crippen LogP contribution in [0.2, 0.25) is 0 Å². The molecule has 0 bridgehead atoms. The second-order valence-corrected chi connectivity index (χ2v) is 5.46. The summed E-state index contributed by atoms with van der Waals surface area (Å²) < 4.78 is 16.2. The van der Waals surface area contributed by atoms with Gasteiger partial charge in [-0.1, -0.05) is 6.07 Å². The minimum absolute atomic E-state index is 0.133. The fraction of sp³-hybridized carbons (Fsp3) is 0.235. The van der Waals surface area contributed by atoms with Crippen molar-refractivity contribution in [2.24, 2.45) is 0 Å². The molecule has 1 aliphatic rings. The predicted molar refractivity (Wildman–Crippen MR) is 85.0 cm³/mol. The largest absolute Gasteiger partial charge is 0.459 e.